The number of hydrogen-bond acceptors (Lipinski definition) is 3. The van der Waals surface area contributed by atoms with Crippen LogP contribution in [-0.2, 0) is 9.47 Å². The van der Waals surface area contributed by atoms with Gasteiger partial charge in [0, 0.05) is 19.4 Å². The highest BCUT2D eigenvalue weighted by Crippen LogP contribution is 2.17. The van der Waals surface area contributed by atoms with Gasteiger partial charge in [0.15, 0.2) is 0 Å². The molecule has 0 radical (unpaired) electrons. The quantitative estimate of drug-likeness (QED) is 0.499. The smallest absolute Gasteiger partial charge is 0.146 e. The second kappa shape index (κ2) is 7.81. The summed E-state index contributed by atoms with van der Waals surface area (Å²) in [7, 11) is 1.56. The summed E-state index contributed by atoms with van der Waals surface area (Å²) in [5.74, 6) is 2.58. The van der Waals surface area contributed by atoms with Crippen LogP contribution in [0.1, 0.15) is 26.7 Å². The van der Waals surface area contributed by atoms with E-state index in [2.05, 4.69) is 5.92 Å². The van der Waals surface area contributed by atoms with E-state index in [0.717, 1.165) is 0 Å². The third-order valence-electron chi connectivity index (χ3n) is 2.33. The molecule has 0 saturated carbocycles. The van der Waals surface area contributed by atoms with Gasteiger partial charge < -0.3 is 14.6 Å². The van der Waals surface area contributed by atoms with Gasteiger partial charge in [-0.25, -0.2) is 0 Å². The minimum atomic E-state index is -0.370. The van der Waals surface area contributed by atoms with Crippen LogP contribution in [0.4, 0.5) is 0 Å². The minimum absolute atomic E-state index is 0.0335. The van der Waals surface area contributed by atoms with Crippen LogP contribution in [0, 0.1) is 18.3 Å². The molecule has 14 heavy (non-hydrogen) atoms. The third kappa shape index (κ3) is 4.61. The van der Waals surface area contributed by atoms with Crippen molar-refractivity contribution in [3.8, 4) is 12.3 Å². The Balaban J connectivity index is 4.11. The standard InChI is InChI=1S/C11H20O3/c1-5-7-11(14-8-13-4)9(3)10(12)6-2/h1,9-12H,6-8H2,2-4H3/t9-,10-,11-/m1/s1. The van der Waals surface area contributed by atoms with Crippen LogP contribution in [0.25, 0.3) is 0 Å². The van der Waals surface area contributed by atoms with Crippen molar-refractivity contribution >= 4 is 0 Å². The van der Waals surface area contributed by atoms with Crippen molar-refractivity contribution in [2.45, 2.75) is 38.9 Å². The van der Waals surface area contributed by atoms with Crippen molar-refractivity contribution in [2.24, 2.45) is 5.92 Å². The van der Waals surface area contributed by atoms with E-state index < -0.39 is 0 Å². The van der Waals surface area contributed by atoms with Crippen molar-refractivity contribution in [1.29, 1.82) is 0 Å². The molecule has 0 aliphatic rings. The lowest BCUT2D eigenvalue weighted by Crippen LogP contribution is -2.31. The summed E-state index contributed by atoms with van der Waals surface area (Å²) in [5.41, 5.74) is 0. The first-order chi connectivity index (χ1) is 6.67. The van der Waals surface area contributed by atoms with Crippen molar-refractivity contribution in [2.75, 3.05) is 13.9 Å². The molecule has 0 bridgehead atoms. The van der Waals surface area contributed by atoms with Crippen molar-refractivity contribution < 1.29 is 14.6 Å². The first-order valence-electron chi connectivity index (χ1n) is 4.89. The van der Waals surface area contributed by atoms with Gasteiger partial charge in [0.2, 0.25) is 0 Å². The zero-order valence-electron chi connectivity index (χ0n) is 9.19. The largest absolute Gasteiger partial charge is 0.393 e. The molecule has 0 aromatic heterocycles. The lowest BCUT2D eigenvalue weighted by atomic mass is 9.94. The second-order valence-electron chi connectivity index (χ2n) is 3.35. The fourth-order valence-electron chi connectivity index (χ4n) is 1.29. The Morgan fingerprint density at radius 3 is 2.57 bits per heavy atom. The van der Waals surface area contributed by atoms with Crippen LogP contribution in [0.2, 0.25) is 0 Å². The maximum absolute atomic E-state index is 9.63. The molecule has 3 nitrogen and oxygen atoms in total. The van der Waals surface area contributed by atoms with Crippen LogP contribution in [0.15, 0.2) is 0 Å². The molecule has 0 saturated heterocycles. The van der Waals surface area contributed by atoms with Crippen LogP contribution < -0.4 is 0 Å². The normalized spacial score (nSPS) is 17.1. The molecule has 1 N–H and O–H groups in total. The van der Waals surface area contributed by atoms with Gasteiger partial charge >= 0.3 is 0 Å². The zero-order valence-corrected chi connectivity index (χ0v) is 9.19. The predicted molar refractivity (Wildman–Crippen MR) is 55.7 cm³/mol. The lowest BCUT2D eigenvalue weighted by molar-refractivity contribution is -0.104. The van der Waals surface area contributed by atoms with E-state index in [1.54, 1.807) is 7.11 Å². The molecule has 0 aromatic rings. The molecule has 82 valence electrons. The maximum atomic E-state index is 9.63. The summed E-state index contributed by atoms with van der Waals surface area (Å²) in [6.07, 6.45) is 5.94. The maximum Gasteiger partial charge on any atom is 0.146 e. The summed E-state index contributed by atoms with van der Waals surface area (Å²) in [6, 6.07) is 0. The van der Waals surface area contributed by atoms with Gasteiger partial charge in [0.05, 0.1) is 12.2 Å². The Kier molecular flexibility index (Phi) is 7.50. The molecule has 0 amide bonds. The Morgan fingerprint density at radius 2 is 2.14 bits per heavy atom. The van der Waals surface area contributed by atoms with Crippen molar-refractivity contribution in [3.63, 3.8) is 0 Å². The molecule has 3 heteroatoms. The van der Waals surface area contributed by atoms with Crippen LogP contribution in [-0.4, -0.2) is 31.2 Å². The first-order valence-corrected chi connectivity index (χ1v) is 4.89. The van der Waals surface area contributed by atoms with E-state index in [4.69, 9.17) is 15.9 Å². The molecule has 0 fully saturated rings. The number of rotatable bonds is 7. The average molecular weight is 200 g/mol. The van der Waals surface area contributed by atoms with Gasteiger partial charge in [0.1, 0.15) is 6.79 Å². The average Bonchev–Trinajstić information content (AvgIpc) is 2.22. The molecular weight excluding hydrogens is 180 g/mol. The highest BCUT2D eigenvalue weighted by atomic mass is 16.7. The Bertz CT molecular complexity index is 174. The van der Waals surface area contributed by atoms with Gasteiger partial charge in [-0.2, -0.15) is 0 Å². The molecule has 0 aliphatic heterocycles. The van der Waals surface area contributed by atoms with E-state index in [-0.39, 0.29) is 24.9 Å². The van der Waals surface area contributed by atoms with Gasteiger partial charge in [-0.05, 0) is 6.42 Å². The number of terminal acetylenes is 1. The highest BCUT2D eigenvalue weighted by Gasteiger charge is 2.23. The first kappa shape index (κ1) is 13.4. The number of ether oxygens (including phenoxy) is 2. The van der Waals surface area contributed by atoms with Crippen LogP contribution >= 0.6 is 0 Å². The third-order valence-corrected chi connectivity index (χ3v) is 2.33. The van der Waals surface area contributed by atoms with E-state index >= 15 is 0 Å². The Hall–Kier alpha value is -0.560. The molecule has 0 aromatic carbocycles. The van der Waals surface area contributed by atoms with Crippen molar-refractivity contribution in [3.05, 3.63) is 0 Å². The number of aliphatic hydroxyl groups is 1. The van der Waals surface area contributed by atoms with Gasteiger partial charge in [-0.1, -0.05) is 13.8 Å². The monoisotopic (exact) mass is 200 g/mol. The molecule has 0 unspecified atom stereocenters. The Morgan fingerprint density at radius 1 is 1.50 bits per heavy atom. The van der Waals surface area contributed by atoms with E-state index in [1.165, 1.54) is 0 Å². The summed E-state index contributed by atoms with van der Waals surface area (Å²) in [4.78, 5) is 0. The van der Waals surface area contributed by atoms with Gasteiger partial charge in [-0.3, -0.25) is 0 Å². The van der Waals surface area contributed by atoms with E-state index in [9.17, 15) is 5.11 Å². The van der Waals surface area contributed by atoms with E-state index in [0.29, 0.717) is 12.8 Å². The van der Waals surface area contributed by atoms with E-state index in [1.807, 2.05) is 13.8 Å². The number of hydrogen-bond donors (Lipinski definition) is 1. The fourth-order valence-corrected chi connectivity index (χ4v) is 1.29. The molecule has 0 spiro atoms. The minimum Gasteiger partial charge on any atom is -0.393 e. The molecule has 0 rings (SSSR count). The summed E-state index contributed by atoms with van der Waals surface area (Å²) in [5, 5.41) is 9.63. The Labute approximate surface area is 86.4 Å². The lowest BCUT2D eigenvalue weighted by Gasteiger charge is -2.25. The summed E-state index contributed by atoms with van der Waals surface area (Å²) < 4.78 is 10.2. The zero-order chi connectivity index (χ0) is 11.0. The van der Waals surface area contributed by atoms with Gasteiger partial charge in [0.25, 0.3) is 0 Å². The molecule has 3 atom stereocenters. The molecule has 0 aliphatic carbocycles. The number of aliphatic hydroxyl groups excluding tert-OH is 1. The SMILES string of the molecule is C#CC[C@@H](OCOC)[C@H](C)[C@H](O)CC. The van der Waals surface area contributed by atoms with Gasteiger partial charge in [-0.15, -0.1) is 12.3 Å². The summed E-state index contributed by atoms with van der Waals surface area (Å²) in [6.45, 7) is 4.09. The van der Waals surface area contributed by atoms with Crippen LogP contribution in [0.3, 0.4) is 0 Å². The second-order valence-corrected chi connectivity index (χ2v) is 3.35. The molecule has 0 heterocycles. The number of methoxy groups -OCH3 is 1. The van der Waals surface area contributed by atoms with Crippen LogP contribution in [0.5, 0.6) is 0 Å². The topological polar surface area (TPSA) is 38.7 Å². The fraction of sp³-hybridized carbons (Fsp3) is 0.818. The summed E-state index contributed by atoms with van der Waals surface area (Å²) >= 11 is 0. The van der Waals surface area contributed by atoms with Crippen molar-refractivity contribution in [1.82, 2.24) is 0 Å². The molecular formula is C11H20O3. The highest BCUT2D eigenvalue weighted by molar-refractivity contribution is 4.90. The predicted octanol–water partition coefficient (Wildman–Crippen LogP) is 1.41.